The molecule has 0 aliphatic carbocycles. The Morgan fingerprint density at radius 1 is 1.04 bits per heavy atom. The Morgan fingerprint density at radius 3 is 2.60 bits per heavy atom. The molecule has 0 saturated carbocycles. The molecule has 1 heterocycles. The van der Waals surface area contributed by atoms with Crippen molar-refractivity contribution in [2.24, 2.45) is 0 Å². The summed E-state index contributed by atoms with van der Waals surface area (Å²) in [7, 11) is 0. The van der Waals surface area contributed by atoms with Crippen LogP contribution in [0.4, 0.5) is 10.8 Å². The third-order valence-electron chi connectivity index (χ3n) is 3.27. The zero-order chi connectivity index (χ0) is 17.6. The maximum atomic E-state index is 12.2. The lowest BCUT2D eigenvalue weighted by molar-refractivity contribution is -0.115. The molecule has 0 unspecified atom stereocenters. The first-order valence-electron chi connectivity index (χ1n) is 7.46. The summed E-state index contributed by atoms with van der Waals surface area (Å²) in [5, 5.41) is 7.93. The van der Waals surface area contributed by atoms with E-state index < -0.39 is 0 Å². The number of anilines is 2. The van der Waals surface area contributed by atoms with Gasteiger partial charge in [0.15, 0.2) is 5.13 Å². The van der Waals surface area contributed by atoms with E-state index in [1.54, 1.807) is 29.6 Å². The third kappa shape index (κ3) is 4.89. The second kappa shape index (κ2) is 7.92. The molecule has 3 aromatic rings. The molecule has 0 aliphatic rings. The summed E-state index contributed by atoms with van der Waals surface area (Å²) in [4.78, 5) is 28.4. The number of amides is 2. The molecule has 7 heteroatoms. The van der Waals surface area contributed by atoms with Crippen molar-refractivity contribution in [3.63, 3.8) is 0 Å². The van der Waals surface area contributed by atoms with E-state index in [-0.39, 0.29) is 23.9 Å². The minimum Gasteiger partial charge on any atom is -0.321 e. The van der Waals surface area contributed by atoms with Crippen molar-refractivity contribution in [1.29, 1.82) is 0 Å². The van der Waals surface area contributed by atoms with Gasteiger partial charge in [0.1, 0.15) is 5.69 Å². The van der Waals surface area contributed by atoms with Crippen LogP contribution in [-0.2, 0) is 11.2 Å². The maximum absolute atomic E-state index is 12.2. The second-order valence-corrected chi connectivity index (χ2v) is 6.51. The van der Waals surface area contributed by atoms with Crippen LogP contribution in [-0.4, -0.2) is 16.8 Å². The zero-order valence-corrected chi connectivity index (χ0v) is 14.6. The molecule has 0 fully saturated rings. The van der Waals surface area contributed by atoms with Gasteiger partial charge in [0.2, 0.25) is 5.91 Å². The number of hydrogen-bond donors (Lipinski definition) is 2. The van der Waals surface area contributed by atoms with Crippen LogP contribution in [0, 0.1) is 0 Å². The summed E-state index contributed by atoms with van der Waals surface area (Å²) in [6.45, 7) is 0. The van der Waals surface area contributed by atoms with E-state index in [0.29, 0.717) is 15.8 Å². The summed E-state index contributed by atoms with van der Waals surface area (Å²) in [5.41, 5.74) is 1.73. The van der Waals surface area contributed by atoms with E-state index in [4.69, 9.17) is 11.6 Å². The number of thiazole rings is 1. The summed E-state index contributed by atoms with van der Waals surface area (Å²) < 4.78 is 0. The lowest BCUT2D eigenvalue weighted by atomic mass is 10.1. The number of nitrogens with one attached hydrogen (secondary N) is 2. The van der Waals surface area contributed by atoms with Crippen LogP contribution < -0.4 is 10.6 Å². The maximum Gasteiger partial charge on any atom is 0.275 e. The van der Waals surface area contributed by atoms with Crippen molar-refractivity contribution in [3.8, 4) is 0 Å². The van der Waals surface area contributed by atoms with Gasteiger partial charge in [0.25, 0.3) is 5.91 Å². The summed E-state index contributed by atoms with van der Waals surface area (Å²) >= 11 is 7.09. The van der Waals surface area contributed by atoms with E-state index in [0.717, 1.165) is 5.56 Å². The van der Waals surface area contributed by atoms with Crippen LogP contribution in [0.25, 0.3) is 0 Å². The third-order valence-corrected chi connectivity index (χ3v) is 4.27. The standard InChI is InChI=1S/C18H14ClN3O2S/c19-13-7-4-8-14(10-13)20-17(24)15-11-25-18(21-15)22-16(23)9-12-5-2-1-3-6-12/h1-8,10-11H,9H2,(H,20,24)(H,21,22,23). The molecule has 0 atom stereocenters. The van der Waals surface area contributed by atoms with Gasteiger partial charge >= 0.3 is 0 Å². The van der Waals surface area contributed by atoms with Crippen molar-refractivity contribution < 1.29 is 9.59 Å². The molecule has 0 spiro atoms. The smallest absolute Gasteiger partial charge is 0.275 e. The highest BCUT2D eigenvalue weighted by atomic mass is 35.5. The van der Waals surface area contributed by atoms with Crippen LogP contribution in [0.2, 0.25) is 5.02 Å². The Labute approximate surface area is 153 Å². The highest BCUT2D eigenvalue weighted by Crippen LogP contribution is 2.19. The number of hydrogen-bond acceptors (Lipinski definition) is 4. The fraction of sp³-hybridized carbons (Fsp3) is 0.0556. The lowest BCUT2D eigenvalue weighted by Gasteiger charge is -2.03. The van der Waals surface area contributed by atoms with E-state index in [1.165, 1.54) is 11.3 Å². The van der Waals surface area contributed by atoms with Gasteiger partial charge in [-0.3, -0.25) is 9.59 Å². The molecule has 1 aromatic heterocycles. The minimum atomic E-state index is -0.359. The Kier molecular flexibility index (Phi) is 5.42. The number of nitrogens with zero attached hydrogens (tertiary/aromatic N) is 1. The monoisotopic (exact) mass is 371 g/mol. The van der Waals surface area contributed by atoms with Crippen LogP contribution in [0.15, 0.2) is 60.0 Å². The summed E-state index contributed by atoms with van der Waals surface area (Å²) in [6.07, 6.45) is 0.254. The Hall–Kier alpha value is -2.70. The first-order chi connectivity index (χ1) is 12.1. The number of aromatic nitrogens is 1. The molecular formula is C18H14ClN3O2S. The van der Waals surface area contributed by atoms with Crippen LogP contribution in [0.5, 0.6) is 0 Å². The van der Waals surface area contributed by atoms with Gasteiger partial charge in [-0.15, -0.1) is 11.3 Å². The van der Waals surface area contributed by atoms with Gasteiger partial charge in [0, 0.05) is 16.1 Å². The minimum absolute atomic E-state index is 0.178. The fourth-order valence-electron chi connectivity index (χ4n) is 2.14. The lowest BCUT2D eigenvalue weighted by Crippen LogP contribution is -2.15. The Morgan fingerprint density at radius 2 is 1.84 bits per heavy atom. The zero-order valence-electron chi connectivity index (χ0n) is 13.0. The van der Waals surface area contributed by atoms with Crippen LogP contribution >= 0.6 is 22.9 Å². The van der Waals surface area contributed by atoms with E-state index >= 15 is 0 Å². The number of benzene rings is 2. The summed E-state index contributed by atoms with van der Waals surface area (Å²) in [5.74, 6) is -0.538. The van der Waals surface area contributed by atoms with Crippen LogP contribution in [0.1, 0.15) is 16.1 Å². The molecule has 2 amide bonds. The topological polar surface area (TPSA) is 71.1 Å². The molecule has 0 radical (unpaired) electrons. The Balaban J connectivity index is 1.60. The predicted octanol–water partition coefficient (Wildman–Crippen LogP) is 4.23. The molecule has 3 rings (SSSR count). The van der Waals surface area contributed by atoms with E-state index in [1.807, 2.05) is 30.3 Å². The average Bonchev–Trinajstić information content (AvgIpc) is 3.04. The van der Waals surface area contributed by atoms with Gasteiger partial charge in [-0.25, -0.2) is 4.98 Å². The molecule has 2 aromatic carbocycles. The predicted molar refractivity (Wildman–Crippen MR) is 100 cm³/mol. The highest BCUT2D eigenvalue weighted by molar-refractivity contribution is 7.14. The first-order valence-corrected chi connectivity index (χ1v) is 8.72. The SMILES string of the molecule is O=C(Cc1ccccc1)Nc1nc(C(=O)Nc2cccc(Cl)c2)cs1. The van der Waals surface area contributed by atoms with E-state index in [2.05, 4.69) is 15.6 Å². The van der Waals surface area contributed by atoms with Gasteiger partial charge in [-0.05, 0) is 23.8 Å². The largest absolute Gasteiger partial charge is 0.321 e. The molecule has 0 saturated heterocycles. The highest BCUT2D eigenvalue weighted by Gasteiger charge is 2.13. The molecular weight excluding hydrogens is 358 g/mol. The van der Waals surface area contributed by atoms with Crippen molar-refractivity contribution in [2.75, 3.05) is 10.6 Å². The van der Waals surface area contributed by atoms with Gasteiger partial charge in [-0.1, -0.05) is 48.0 Å². The van der Waals surface area contributed by atoms with Gasteiger partial charge in [-0.2, -0.15) is 0 Å². The van der Waals surface area contributed by atoms with Gasteiger partial charge < -0.3 is 10.6 Å². The molecule has 0 aliphatic heterocycles. The second-order valence-electron chi connectivity index (χ2n) is 5.21. The van der Waals surface area contributed by atoms with Crippen molar-refractivity contribution in [2.45, 2.75) is 6.42 Å². The quantitative estimate of drug-likeness (QED) is 0.705. The first kappa shape index (κ1) is 17.1. The molecule has 25 heavy (non-hydrogen) atoms. The van der Waals surface area contributed by atoms with E-state index in [9.17, 15) is 9.59 Å². The molecule has 2 N–H and O–H groups in total. The Bertz CT molecular complexity index is 896. The fourth-order valence-corrected chi connectivity index (χ4v) is 3.04. The van der Waals surface area contributed by atoms with Crippen molar-refractivity contribution in [3.05, 3.63) is 76.3 Å². The number of halogens is 1. The van der Waals surface area contributed by atoms with Gasteiger partial charge in [0.05, 0.1) is 6.42 Å². The number of rotatable bonds is 5. The number of carbonyl (C=O) groups excluding carboxylic acids is 2. The van der Waals surface area contributed by atoms with Crippen LogP contribution in [0.3, 0.4) is 0 Å². The van der Waals surface area contributed by atoms with Crippen molar-refractivity contribution in [1.82, 2.24) is 4.98 Å². The normalized spacial score (nSPS) is 10.3. The molecule has 5 nitrogen and oxygen atoms in total. The number of carbonyl (C=O) groups is 2. The van der Waals surface area contributed by atoms with Crippen molar-refractivity contribution >= 4 is 45.6 Å². The molecule has 126 valence electrons. The average molecular weight is 372 g/mol. The summed E-state index contributed by atoms with van der Waals surface area (Å²) in [6, 6.07) is 16.3. The molecule has 0 bridgehead atoms.